The van der Waals surface area contributed by atoms with Gasteiger partial charge in [0.25, 0.3) is 11.8 Å². The minimum absolute atomic E-state index is 0.0390. The topological polar surface area (TPSA) is 138 Å². The van der Waals surface area contributed by atoms with E-state index in [1.54, 1.807) is 4.90 Å². The van der Waals surface area contributed by atoms with Crippen LogP contribution in [0.2, 0.25) is 0 Å². The molecule has 1 saturated heterocycles. The first kappa shape index (κ1) is 35.4. The van der Waals surface area contributed by atoms with Gasteiger partial charge in [-0.2, -0.15) is 0 Å². The molecule has 4 rings (SSSR count). The summed E-state index contributed by atoms with van der Waals surface area (Å²) in [5.41, 5.74) is 3.49. The van der Waals surface area contributed by atoms with E-state index in [0.717, 1.165) is 22.4 Å². The van der Waals surface area contributed by atoms with E-state index in [2.05, 4.69) is 11.8 Å². The first-order valence-electron chi connectivity index (χ1n) is 15.8. The highest BCUT2D eigenvalue weighted by Gasteiger charge is 2.32. The summed E-state index contributed by atoms with van der Waals surface area (Å²) in [6, 6.07) is 15.5. The molecule has 2 aromatic carbocycles. The van der Waals surface area contributed by atoms with Crippen LogP contribution in [0, 0.1) is 11.8 Å². The molecule has 3 amide bonds. The van der Waals surface area contributed by atoms with Gasteiger partial charge >= 0.3 is 5.97 Å². The Bertz CT molecular complexity index is 1450. The van der Waals surface area contributed by atoms with Gasteiger partial charge in [0.05, 0.1) is 71.5 Å². The van der Waals surface area contributed by atoms with Crippen molar-refractivity contribution in [3.05, 3.63) is 65.2 Å². The molecule has 0 bridgehead atoms. The van der Waals surface area contributed by atoms with E-state index in [4.69, 9.17) is 23.8 Å². The van der Waals surface area contributed by atoms with E-state index >= 15 is 0 Å². The highest BCUT2D eigenvalue weighted by Crippen LogP contribution is 2.26. The number of nitrogens with zero attached hydrogens (tertiary/aromatic N) is 2. The van der Waals surface area contributed by atoms with Crippen LogP contribution < -0.4 is 4.90 Å². The summed E-state index contributed by atoms with van der Waals surface area (Å²) >= 11 is 0. The van der Waals surface area contributed by atoms with Crippen LogP contribution in [0.5, 0.6) is 0 Å². The second kappa shape index (κ2) is 19.3. The lowest BCUT2D eigenvalue weighted by Crippen LogP contribution is -2.32. The molecular weight excluding hydrogens is 608 g/mol. The number of anilines is 1. The molecule has 1 fully saturated rings. The maximum absolute atomic E-state index is 13.3. The third kappa shape index (κ3) is 11.7. The number of rotatable bonds is 20. The molecule has 0 radical (unpaired) electrons. The van der Waals surface area contributed by atoms with Gasteiger partial charge in [0, 0.05) is 43.2 Å². The predicted octanol–water partition coefficient (Wildman–Crippen LogP) is 3.13. The first-order chi connectivity index (χ1) is 22.9. The Hall–Kier alpha value is -4.41. The van der Waals surface area contributed by atoms with Crippen LogP contribution >= 0.6 is 0 Å². The number of imide groups is 1. The molecule has 2 aromatic rings. The van der Waals surface area contributed by atoms with Crippen molar-refractivity contribution in [2.24, 2.45) is 0 Å². The van der Waals surface area contributed by atoms with E-state index < -0.39 is 17.8 Å². The molecule has 47 heavy (non-hydrogen) atoms. The van der Waals surface area contributed by atoms with E-state index in [0.29, 0.717) is 57.5 Å². The molecule has 0 saturated carbocycles. The molecule has 0 aromatic heterocycles. The van der Waals surface area contributed by atoms with Crippen molar-refractivity contribution in [2.45, 2.75) is 51.5 Å². The third-order valence-electron chi connectivity index (χ3n) is 7.31. The summed E-state index contributed by atoms with van der Waals surface area (Å²) in [5.74, 6) is 4.66. The Balaban J connectivity index is 0.971. The van der Waals surface area contributed by atoms with Crippen molar-refractivity contribution in [1.29, 1.82) is 0 Å². The Labute approximate surface area is 274 Å². The van der Waals surface area contributed by atoms with Crippen LogP contribution in [0.25, 0.3) is 0 Å². The van der Waals surface area contributed by atoms with Crippen LogP contribution in [0.4, 0.5) is 5.69 Å². The Morgan fingerprint density at radius 2 is 1.19 bits per heavy atom. The molecule has 2 heterocycles. The van der Waals surface area contributed by atoms with Gasteiger partial charge in [-0.3, -0.25) is 19.2 Å². The van der Waals surface area contributed by atoms with Crippen molar-refractivity contribution in [3.63, 3.8) is 0 Å². The third-order valence-corrected chi connectivity index (χ3v) is 7.31. The zero-order valence-corrected chi connectivity index (χ0v) is 26.4. The molecule has 250 valence electrons. The summed E-state index contributed by atoms with van der Waals surface area (Å²) in [4.78, 5) is 66.7. The number of carbonyl (C=O) groups is 5. The summed E-state index contributed by atoms with van der Waals surface area (Å²) in [6.07, 6.45) is 1.32. The lowest BCUT2D eigenvalue weighted by molar-refractivity contribution is -0.198. The molecule has 12 heteroatoms. The average Bonchev–Trinajstić information content (AvgIpc) is 3.38. The van der Waals surface area contributed by atoms with Crippen LogP contribution in [-0.2, 0) is 54.3 Å². The number of ether oxygens (including phenoxy) is 4. The van der Waals surface area contributed by atoms with Gasteiger partial charge in [0.15, 0.2) is 0 Å². The van der Waals surface area contributed by atoms with Gasteiger partial charge in [0.2, 0.25) is 5.91 Å². The quantitative estimate of drug-likeness (QED) is 0.120. The highest BCUT2D eigenvalue weighted by atomic mass is 16.7. The zero-order chi connectivity index (χ0) is 33.3. The fourth-order valence-corrected chi connectivity index (χ4v) is 4.81. The zero-order valence-electron chi connectivity index (χ0n) is 26.4. The van der Waals surface area contributed by atoms with E-state index in [9.17, 15) is 24.0 Å². The molecule has 0 aliphatic carbocycles. The molecular formula is C35H40N2O10. The number of para-hydroxylation sites is 1. The monoisotopic (exact) mass is 648 g/mol. The SMILES string of the molecule is O=C(CCCC(=O)N1Cc2ccccc2C#Cc2ccccc21)CCOCCOCCOCCOCCC(=O)ON1C(=O)CCC1=O. The summed E-state index contributed by atoms with van der Waals surface area (Å²) in [5, 5.41) is 0.510. The van der Waals surface area contributed by atoms with Gasteiger partial charge in [-0.15, -0.1) is 5.06 Å². The first-order valence-corrected chi connectivity index (χ1v) is 15.8. The number of hydrogen-bond acceptors (Lipinski definition) is 10. The van der Waals surface area contributed by atoms with Crippen LogP contribution in [-0.4, -0.2) is 87.4 Å². The number of Topliss-reactive ketones (excluding diaryl/α,β-unsaturated/α-hetero) is 1. The Kier molecular flexibility index (Phi) is 14.6. The number of amides is 3. The lowest BCUT2D eigenvalue weighted by Gasteiger charge is -2.26. The second-order valence-corrected chi connectivity index (χ2v) is 10.8. The largest absolute Gasteiger partial charge is 0.379 e. The van der Waals surface area contributed by atoms with Crippen molar-refractivity contribution in [2.75, 3.05) is 57.8 Å². The van der Waals surface area contributed by atoms with Gasteiger partial charge < -0.3 is 28.7 Å². The normalized spacial score (nSPS) is 13.7. The van der Waals surface area contributed by atoms with Crippen molar-refractivity contribution in [1.82, 2.24) is 5.06 Å². The fraction of sp³-hybridized carbons (Fsp3) is 0.457. The maximum atomic E-state index is 13.3. The molecule has 12 nitrogen and oxygen atoms in total. The van der Waals surface area contributed by atoms with Crippen molar-refractivity contribution in [3.8, 4) is 11.8 Å². The number of carbonyl (C=O) groups excluding carboxylic acids is 5. The number of hydroxylamine groups is 2. The summed E-state index contributed by atoms with van der Waals surface area (Å²) < 4.78 is 21.6. The molecule has 2 aliphatic rings. The van der Waals surface area contributed by atoms with E-state index in [1.165, 1.54) is 0 Å². The van der Waals surface area contributed by atoms with Crippen molar-refractivity contribution < 1.29 is 47.8 Å². The fourth-order valence-electron chi connectivity index (χ4n) is 4.81. The predicted molar refractivity (Wildman–Crippen MR) is 169 cm³/mol. The lowest BCUT2D eigenvalue weighted by atomic mass is 10.0. The average molecular weight is 649 g/mol. The minimum atomic E-state index is -0.713. The van der Waals surface area contributed by atoms with Gasteiger partial charge in [0.1, 0.15) is 5.78 Å². The Morgan fingerprint density at radius 3 is 1.87 bits per heavy atom. The van der Waals surface area contributed by atoms with Crippen LogP contribution in [0.1, 0.15) is 61.6 Å². The standard InChI is InChI=1S/C35H40N2O10/c38-30(9-5-11-32(39)36-26-29-8-2-1-6-27(29)12-13-28-7-3-4-10-31(28)36)16-18-43-20-22-45-24-25-46-23-21-44-19-17-35(42)47-37-33(40)14-15-34(37)41/h1-4,6-8,10H,5,9,11,14-26H2. The van der Waals surface area contributed by atoms with Gasteiger partial charge in [-0.25, -0.2) is 4.79 Å². The van der Waals surface area contributed by atoms with E-state index in [-0.39, 0.29) is 63.6 Å². The van der Waals surface area contributed by atoms with Gasteiger partial charge in [-0.1, -0.05) is 42.2 Å². The molecule has 0 spiro atoms. The molecule has 2 aliphatic heterocycles. The number of ketones is 1. The van der Waals surface area contributed by atoms with Crippen LogP contribution in [0.15, 0.2) is 48.5 Å². The molecule has 0 atom stereocenters. The number of hydrogen-bond donors (Lipinski definition) is 0. The summed E-state index contributed by atoms with van der Waals surface area (Å²) in [7, 11) is 0. The van der Waals surface area contributed by atoms with Crippen molar-refractivity contribution >= 4 is 35.2 Å². The molecule has 0 N–H and O–H groups in total. The minimum Gasteiger partial charge on any atom is -0.379 e. The smallest absolute Gasteiger partial charge is 0.335 e. The highest BCUT2D eigenvalue weighted by molar-refractivity contribution is 6.01. The van der Waals surface area contributed by atoms with Crippen LogP contribution in [0.3, 0.4) is 0 Å². The number of benzene rings is 2. The maximum Gasteiger partial charge on any atom is 0.335 e. The van der Waals surface area contributed by atoms with Gasteiger partial charge in [-0.05, 0) is 30.2 Å². The second-order valence-electron chi connectivity index (χ2n) is 10.8. The summed E-state index contributed by atoms with van der Waals surface area (Å²) in [6.45, 7) is 2.78. The Morgan fingerprint density at radius 1 is 0.638 bits per heavy atom. The number of fused-ring (bicyclic) bond motifs is 2. The molecule has 0 unspecified atom stereocenters. The van der Waals surface area contributed by atoms with E-state index in [1.807, 2.05) is 48.5 Å².